The van der Waals surface area contributed by atoms with Gasteiger partial charge in [-0.05, 0) is 29.4 Å². The minimum atomic E-state index is -0.314. The summed E-state index contributed by atoms with van der Waals surface area (Å²) in [4.78, 5) is 25.5. The normalized spacial score (nSPS) is 17.3. The monoisotopic (exact) mass is 395 g/mol. The number of aromatic nitrogens is 3. The molecule has 3 heterocycles. The lowest BCUT2D eigenvalue weighted by atomic mass is 9.86. The molecule has 1 atom stereocenters. The lowest BCUT2D eigenvalue weighted by Crippen LogP contribution is -2.36. The van der Waals surface area contributed by atoms with E-state index in [0.29, 0.717) is 17.4 Å². The van der Waals surface area contributed by atoms with Crippen molar-refractivity contribution in [1.82, 2.24) is 13.7 Å². The summed E-state index contributed by atoms with van der Waals surface area (Å²) in [6.45, 7) is 8.00. The molecule has 2 aromatic heterocycles. The standard InChI is InChI=1S/C23H29N3O3/c1-23(2,3)16-10-8-15(9-11-16)20-19-18(24(4)22(28)25(5)21(19)27)14-26(20)13-17-7-6-12-29-17/h8-11,14,17H,6-7,12-13H2,1-5H3/t17-/m1/s1. The van der Waals surface area contributed by atoms with Crippen LogP contribution in [0.15, 0.2) is 40.1 Å². The number of benzene rings is 1. The Labute approximate surface area is 170 Å². The molecule has 0 amide bonds. The highest BCUT2D eigenvalue weighted by molar-refractivity contribution is 5.93. The zero-order valence-corrected chi connectivity index (χ0v) is 17.9. The lowest BCUT2D eigenvalue weighted by Gasteiger charge is -2.20. The van der Waals surface area contributed by atoms with Gasteiger partial charge in [0.15, 0.2) is 0 Å². The first-order valence-corrected chi connectivity index (χ1v) is 10.2. The summed E-state index contributed by atoms with van der Waals surface area (Å²) in [6, 6.07) is 8.39. The third-order valence-electron chi connectivity index (χ3n) is 5.96. The number of hydrogen-bond acceptors (Lipinski definition) is 3. The van der Waals surface area contributed by atoms with Crippen molar-refractivity contribution >= 4 is 10.9 Å². The fraction of sp³-hybridized carbons (Fsp3) is 0.478. The average Bonchev–Trinajstić information content (AvgIpc) is 3.32. The molecule has 6 nitrogen and oxygen atoms in total. The van der Waals surface area contributed by atoms with Crippen LogP contribution in [0.3, 0.4) is 0 Å². The molecule has 0 bridgehead atoms. The first-order chi connectivity index (χ1) is 13.7. The maximum atomic E-state index is 13.1. The second-order valence-corrected chi connectivity index (χ2v) is 9.06. The van der Waals surface area contributed by atoms with Crippen LogP contribution in [-0.2, 0) is 30.8 Å². The Balaban J connectivity index is 1.96. The maximum absolute atomic E-state index is 13.1. The van der Waals surface area contributed by atoms with Crippen LogP contribution in [0, 0.1) is 0 Å². The van der Waals surface area contributed by atoms with Crippen molar-refractivity contribution in [3.05, 3.63) is 56.9 Å². The Morgan fingerprint density at radius 1 is 1.07 bits per heavy atom. The zero-order valence-electron chi connectivity index (χ0n) is 17.9. The quantitative estimate of drug-likeness (QED) is 0.684. The second kappa shape index (κ2) is 7.02. The fourth-order valence-corrected chi connectivity index (χ4v) is 4.18. The second-order valence-electron chi connectivity index (χ2n) is 9.06. The summed E-state index contributed by atoms with van der Waals surface area (Å²) in [5, 5.41) is 0.580. The van der Waals surface area contributed by atoms with Crippen LogP contribution in [0.5, 0.6) is 0 Å². The first kappa shape index (κ1) is 19.7. The molecule has 1 aliphatic heterocycles. The summed E-state index contributed by atoms with van der Waals surface area (Å²) >= 11 is 0. The van der Waals surface area contributed by atoms with Crippen LogP contribution in [-0.4, -0.2) is 26.4 Å². The Kier molecular flexibility index (Phi) is 4.77. The zero-order chi connectivity index (χ0) is 20.9. The predicted molar refractivity (Wildman–Crippen MR) is 116 cm³/mol. The third kappa shape index (κ3) is 3.35. The van der Waals surface area contributed by atoms with Crippen molar-refractivity contribution < 1.29 is 4.74 Å². The van der Waals surface area contributed by atoms with Gasteiger partial charge in [0.2, 0.25) is 0 Å². The van der Waals surface area contributed by atoms with Crippen molar-refractivity contribution in [3.63, 3.8) is 0 Å². The topological polar surface area (TPSA) is 58.2 Å². The summed E-state index contributed by atoms with van der Waals surface area (Å²) in [7, 11) is 3.25. The van der Waals surface area contributed by atoms with E-state index in [9.17, 15) is 9.59 Å². The minimum Gasteiger partial charge on any atom is -0.376 e. The molecule has 154 valence electrons. The Morgan fingerprint density at radius 2 is 1.76 bits per heavy atom. The van der Waals surface area contributed by atoms with E-state index in [1.165, 1.54) is 17.2 Å². The van der Waals surface area contributed by atoms with Gasteiger partial charge in [0, 0.05) is 33.4 Å². The summed E-state index contributed by atoms with van der Waals surface area (Å²) in [5.41, 5.74) is 3.21. The van der Waals surface area contributed by atoms with Gasteiger partial charge in [-0.3, -0.25) is 13.9 Å². The van der Waals surface area contributed by atoms with E-state index in [1.807, 2.05) is 6.20 Å². The molecular weight excluding hydrogens is 366 g/mol. The van der Waals surface area contributed by atoms with Crippen LogP contribution < -0.4 is 11.2 Å². The number of ether oxygens (including phenoxy) is 1. The van der Waals surface area contributed by atoms with Gasteiger partial charge in [0.25, 0.3) is 5.56 Å². The number of rotatable bonds is 3. The van der Waals surface area contributed by atoms with Gasteiger partial charge in [-0.15, -0.1) is 0 Å². The van der Waals surface area contributed by atoms with Gasteiger partial charge < -0.3 is 9.30 Å². The van der Waals surface area contributed by atoms with E-state index < -0.39 is 0 Å². The van der Waals surface area contributed by atoms with E-state index in [2.05, 4.69) is 49.6 Å². The minimum absolute atomic E-state index is 0.0559. The van der Waals surface area contributed by atoms with Gasteiger partial charge >= 0.3 is 5.69 Å². The Bertz CT molecular complexity index is 1170. The number of hydrogen-bond donors (Lipinski definition) is 0. The van der Waals surface area contributed by atoms with Gasteiger partial charge in [0.1, 0.15) is 0 Å². The summed E-state index contributed by atoms with van der Waals surface area (Å²) in [5.74, 6) is 0. The van der Waals surface area contributed by atoms with Gasteiger partial charge in [-0.1, -0.05) is 45.0 Å². The molecule has 0 unspecified atom stereocenters. The molecule has 4 rings (SSSR count). The maximum Gasteiger partial charge on any atom is 0.330 e. The smallest absolute Gasteiger partial charge is 0.330 e. The van der Waals surface area contributed by atoms with Crippen molar-refractivity contribution in [3.8, 4) is 11.3 Å². The molecule has 6 heteroatoms. The third-order valence-corrected chi connectivity index (χ3v) is 5.96. The van der Waals surface area contributed by atoms with E-state index >= 15 is 0 Å². The molecule has 0 spiro atoms. The van der Waals surface area contributed by atoms with E-state index in [0.717, 1.165) is 30.7 Å². The molecule has 1 fully saturated rings. The van der Waals surface area contributed by atoms with Gasteiger partial charge in [0.05, 0.1) is 22.7 Å². The largest absolute Gasteiger partial charge is 0.376 e. The molecule has 0 aliphatic carbocycles. The van der Waals surface area contributed by atoms with E-state index in [4.69, 9.17) is 4.74 Å². The van der Waals surface area contributed by atoms with Gasteiger partial charge in [-0.2, -0.15) is 0 Å². The molecule has 1 aliphatic rings. The van der Waals surface area contributed by atoms with Crippen molar-refractivity contribution in [2.24, 2.45) is 14.1 Å². The van der Waals surface area contributed by atoms with Crippen LogP contribution in [0.2, 0.25) is 0 Å². The molecular formula is C23H29N3O3. The number of nitrogens with zero attached hydrogens (tertiary/aromatic N) is 3. The van der Waals surface area contributed by atoms with Crippen LogP contribution in [0.1, 0.15) is 39.2 Å². The van der Waals surface area contributed by atoms with Crippen molar-refractivity contribution in [2.45, 2.75) is 51.7 Å². The highest BCUT2D eigenvalue weighted by Crippen LogP contribution is 2.31. The number of aryl methyl sites for hydroxylation is 1. The highest BCUT2D eigenvalue weighted by Gasteiger charge is 2.23. The summed E-state index contributed by atoms with van der Waals surface area (Å²) < 4.78 is 10.7. The Hall–Kier alpha value is -2.60. The van der Waals surface area contributed by atoms with Crippen molar-refractivity contribution in [2.75, 3.05) is 6.61 Å². The molecule has 1 saturated heterocycles. The van der Waals surface area contributed by atoms with Gasteiger partial charge in [-0.25, -0.2) is 4.79 Å². The molecule has 3 aromatic rings. The van der Waals surface area contributed by atoms with E-state index in [1.54, 1.807) is 11.6 Å². The van der Waals surface area contributed by atoms with Crippen LogP contribution in [0.25, 0.3) is 22.2 Å². The highest BCUT2D eigenvalue weighted by atomic mass is 16.5. The molecule has 29 heavy (non-hydrogen) atoms. The fourth-order valence-electron chi connectivity index (χ4n) is 4.18. The molecule has 1 aromatic carbocycles. The van der Waals surface area contributed by atoms with Crippen LogP contribution >= 0.6 is 0 Å². The van der Waals surface area contributed by atoms with Crippen LogP contribution in [0.4, 0.5) is 0 Å². The SMILES string of the molecule is Cn1c(=O)c2c(-c3ccc(C(C)(C)C)cc3)n(C[C@H]3CCCO3)cc2n(C)c1=O. The first-order valence-electron chi connectivity index (χ1n) is 10.2. The molecule has 0 N–H and O–H groups in total. The van der Waals surface area contributed by atoms with Crippen molar-refractivity contribution in [1.29, 1.82) is 0 Å². The number of fused-ring (bicyclic) bond motifs is 1. The average molecular weight is 396 g/mol. The predicted octanol–water partition coefficient (Wildman–Crippen LogP) is 3.18. The Morgan fingerprint density at radius 3 is 2.34 bits per heavy atom. The molecule has 0 radical (unpaired) electrons. The molecule has 0 saturated carbocycles. The summed E-state index contributed by atoms with van der Waals surface area (Å²) in [6.07, 6.45) is 4.12. The lowest BCUT2D eigenvalue weighted by molar-refractivity contribution is 0.0975. The van der Waals surface area contributed by atoms with E-state index in [-0.39, 0.29) is 22.8 Å².